The fraction of sp³-hybridized carbons (Fsp3) is 1.00. The van der Waals surface area contributed by atoms with Crippen molar-refractivity contribution in [2.24, 2.45) is 0 Å². The van der Waals surface area contributed by atoms with E-state index in [1.165, 1.54) is 0 Å². The summed E-state index contributed by atoms with van der Waals surface area (Å²) in [6.07, 6.45) is 0.904. The average Bonchev–Trinajstić information content (AvgIpc) is 1.35. The van der Waals surface area contributed by atoms with Gasteiger partial charge in [-0.2, -0.15) is 0 Å². The van der Waals surface area contributed by atoms with Crippen LogP contribution in [0.15, 0.2) is 0 Å². The second-order valence-corrected chi connectivity index (χ2v) is 6.29. The predicted octanol–water partition coefficient (Wildman–Crippen LogP) is 2.18. The number of hydrogen-bond acceptors (Lipinski definition) is 1. The van der Waals surface area contributed by atoms with Gasteiger partial charge in [-0.1, -0.05) is 45.2 Å². The minimum Gasteiger partial charge on any atom is -0.396 e. The molecule has 1 N–H and O–H groups in total. The van der Waals surface area contributed by atoms with Crippen LogP contribution in [-0.4, -0.2) is 13.6 Å². The molecule has 0 fully saturated rings. The zero-order valence-corrected chi connectivity index (χ0v) is 10.2. The van der Waals surface area contributed by atoms with Crippen LogP contribution in [0.5, 0.6) is 0 Å². The molecule has 0 aromatic heterocycles. The van der Waals surface area contributed by atoms with Gasteiger partial charge in [0, 0.05) is 6.61 Å². The topological polar surface area (TPSA) is 20.2 Å². The van der Waals surface area contributed by atoms with Crippen LogP contribution in [0.2, 0.25) is 0 Å². The maximum atomic E-state index is 8.23. The molecule has 1 nitrogen and oxygen atoms in total. The van der Waals surface area contributed by atoms with Crippen molar-refractivity contribution in [1.29, 1.82) is 0 Å². The first kappa shape index (κ1) is 11.9. The van der Waals surface area contributed by atoms with E-state index in [4.69, 9.17) is 5.11 Å². The van der Waals surface area contributed by atoms with Crippen LogP contribution in [0.1, 0.15) is 6.42 Å². The van der Waals surface area contributed by atoms with Gasteiger partial charge in [0.2, 0.25) is 0 Å². The summed E-state index contributed by atoms with van der Waals surface area (Å²) in [6, 6.07) is 0. The lowest BCUT2D eigenvalue weighted by molar-refractivity contribution is 0.296. The van der Waals surface area contributed by atoms with Crippen molar-refractivity contribution in [3.8, 4) is 0 Å². The zero-order valence-electron chi connectivity index (χ0n) is 3.60. The third kappa shape index (κ3) is 11.6. The highest BCUT2D eigenvalue weighted by Crippen LogP contribution is 2.12. The lowest BCUT2D eigenvalue weighted by Crippen LogP contribution is -1.87. The number of rotatable bonds is 2. The highest BCUT2D eigenvalue weighted by atomic mass is 127. The minimum atomic E-state index is 0. The molecule has 0 spiro atoms. The second-order valence-electron chi connectivity index (χ2n) is 0.903. The van der Waals surface area contributed by atoms with Crippen molar-refractivity contribution in [3.05, 3.63) is 0 Å². The summed E-state index contributed by atoms with van der Waals surface area (Å²) in [6.45, 7) is 0.316. The van der Waals surface area contributed by atoms with Crippen LogP contribution in [-0.2, 0) is 0 Å². The fourth-order valence-corrected chi connectivity index (χ4v) is 0.655. The molecule has 0 heterocycles. The first-order chi connectivity index (χ1) is 2.77. The first-order valence-corrected chi connectivity index (χ1v) is 4.15. The molecule has 46 valence electrons. The molecule has 0 bridgehead atoms. The molecule has 4 heteroatoms. The monoisotopic (exact) mass is 440 g/mol. The summed E-state index contributed by atoms with van der Waals surface area (Å²) in [4.78, 5) is 0. The van der Waals surface area contributed by atoms with E-state index in [0.29, 0.717) is 8.54 Å². The molecule has 0 atom stereocenters. The molecule has 0 unspecified atom stereocenters. The standard InChI is InChI=1S/C3H6I2O.HI/c4-3(5)1-2-6;/h3,6H,1-2H2;1H. The predicted molar refractivity (Wildman–Crippen MR) is 58.9 cm³/mol. The summed E-state index contributed by atoms with van der Waals surface area (Å²) >= 11 is 4.54. The van der Waals surface area contributed by atoms with E-state index in [1.807, 2.05) is 0 Å². The largest absolute Gasteiger partial charge is 0.396 e. The molecule has 0 rings (SSSR count). The van der Waals surface area contributed by atoms with Gasteiger partial charge in [0.05, 0.1) is 1.93 Å². The van der Waals surface area contributed by atoms with Crippen LogP contribution >= 0.6 is 69.2 Å². The second kappa shape index (κ2) is 8.15. The Labute approximate surface area is 87.9 Å². The Morgan fingerprint density at radius 2 is 1.86 bits per heavy atom. The Morgan fingerprint density at radius 1 is 1.43 bits per heavy atom. The Morgan fingerprint density at radius 3 is 1.86 bits per heavy atom. The third-order valence-electron chi connectivity index (χ3n) is 0.347. The van der Waals surface area contributed by atoms with E-state index >= 15 is 0 Å². The minimum absolute atomic E-state index is 0. The highest BCUT2D eigenvalue weighted by molar-refractivity contribution is 14.2. The Kier molecular flexibility index (Phi) is 13.8. The third-order valence-corrected chi connectivity index (χ3v) is 1.59. The lowest BCUT2D eigenvalue weighted by atomic mass is 10.5. The molecular weight excluding hydrogens is 433 g/mol. The van der Waals surface area contributed by atoms with Crippen LogP contribution < -0.4 is 0 Å². The SMILES string of the molecule is I.OCCC(I)I. The molecule has 0 radical (unpaired) electrons. The Balaban J connectivity index is 0. The maximum Gasteiger partial charge on any atom is 0.0648 e. The van der Waals surface area contributed by atoms with Crippen LogP contribution in [0.4, 0.5) is 0 Å². The molecule has 7 heavy (non-hydrogen) atoms. The van der Waals surface area contributed by atoms with Gasteiger partial charge < -0.3 is 5.11 Å². The van der Waals surface area contributed by atoms with Gasteiger partial charge in [-0.05, 0) is 6.42 Å². The van der Waals surface area contributed by atoms with Crippen LogP contribution in [0.25, 0.3) is 0 Å². The van der Waals surface area contributed by atoms with Crippen molar-refractivity contribution < 1.29 is 5.11 Å². The van der Waals surface area contributed by atoms with E-state index in [0.717, 1.165) is 6.42 Å². The first-order valence-electron chi connectivity index (χ1n) is 1.66. The van der Waals surface area contributed by atoms with Gasteiger partial charge in [0.25, 0.3) is 0 Å². The van der Waals surface area contributed by atoms with E-state index in [9.17, 15) is 0 Å². The number of hydrogen-bond donors (Lipinski definition) is 1. The molecular formula is C3H7I3O. The van der Waals surface area contributed by atoms with E-state index < -0.39 is 0 Å². The maximum absolute atomic E-state index is 8.23. The summed E-state index contributed by atoms with van der Waals surface area (Å²) in [7, 11) is 0. The normalized spacial score (nSPS) is 8.57. The highest BCUT2D eigenvalue weighted by Gasteiger charge is 1.91. The van der Waals surface area contributed by atoms with Crippen LogP contribution in [0.3, 0.4) is 0 Å². The molecule has 0 aromatic rings. The van der Waals surface area contributed by atoms with Crippen LogP contribution in [0, 0.1) is 0 Å². The van der Waals surface area contributed by atoms with Crippen molar-refractivity contribution in [3.63, 3.8) is 0 Å². The quantitative estimate of drug-likeness (QED) is 0.516. The number of alkyl halides is 2. The summed E-state index contributed by atoms with van der Waals surface area (Å²) in [5, 5.41) is 8.23. The van der Waals surface area contributed by atoms with Gasteiger partial charge >= 0.3 is 0 Å². The molecule has 0 aliphatic heterocycles. The zero-order chi connectivity index (χ0) is 4.99. The van der Waals surface area contributed by atoms with Gasteiger partial charge in [0.15, 0.2) is 0 Å². The van der Waals surface area contributed by atoms with Crippen molar-refractivity contribution in [2.75, 3.05) is 6.61 Å². The van der Waals surface area contributed by atoms with Crippen molar-refractivity contribution >= 4 is 69.2 Å². The molecule has 0 saturated heterocycles. The van der Waals surface area contributed by atoms with Gasteiger partial charge in [-0.25, -0.2) is 0 Å². The molecule has 0 saturated carbocycles. The van der Waals surface area contributed by atoms with Gasteiger partial charge in [-0.15, -0.1) is 24.0 Å². The van der Waals surface area contributed by atoms with Crippen molar-refractivity contribution in [1.82, 2.24) is 0 Å². The molecule has 0 aliphatic rings. The molecule has 0 amide bonds. The molecule has 0 aromatic carbocycles. The van der Waals surface area contributed by atoms with E-state index in [1.54, 1.807) is 0 Å². The number of halogens is 3. The Bertz CT molecular complexity index is 31.4. The summed E-state index contributed by atoms with van der Waals surface area (Å²) < 4.78 is 0.588. The molecule has 0 aliphatic carbocycles. The fourth-order valence-electron chi connectivity index (χ4n) is 0.0976. The summed E-state index contributed by atoms with van der Waals surface area (Å²) in [5.74, 6) is 0. The van der Waals surface area contributed by atoms with E-state index in [2.05, 4.69) is 45.2 Å². The van der Waals surface area contributed by atoms with E-state index in [-0.39, 0.29) is 24.0 Å². The van der Waals surface area contributed by atoms with Crippen molar-refractivity contribution in [2.45, 2.75) is 8.35 Å². The number of aliphatic hydroxyl groups is 1. The average molecular weight is 440 g/mol. The number of aliphatic hydroxyl groups excluding tert-OH is 1. The summed E-state index contributed by atoms with van der Waals surface area (Å²) in [5.41, 5.74) is 0. The Hall–Kier alpha value is 2.15. The van der Waals surface area contributed by atoms with Gasteiger partial charge in [0.1, 0.15) is 0 Å². The van der Waals surface area contributed by atoms with Gasteiger partial charge in [-0.3, -0.25) is 0 Å². The smallest absolute Gasteiger partial charge is 0.0648 e. The lowest BCUT2D eigenvalue weighted by Gasteiger charge is -1.91.